The maximum Gasteiger partial charge on any atom is 0.333 e. The van der Waals surface area contributed by atoms with E-state index in [2.05, 4.69) is 44.7 Å². The fourth-order valence-corrected chi connectivity index (χ4v) is 1.77. The number of hydrogen-bond acceptors (Lipinski definition) is 4. The van der Waals surface area contributed by atoms with E-state index in [0.717, 1.165) is 0 Å². The molecule has 0 bridgehead atoms. The van der Waals surface area contributed by atoms with Crippen molar-refractivity contribution in [2.45, 2.75) is 33.3 Å². The lowest BCUT2D eigenvalue weighted by atomic mass is 10.0. The van der Waals surface area contributed by atoms with Crippen molar-refractivity contribution < 1.29 is 19.0 Å². The Morgan fingerprint density at radius 2 is 1.82 bits per heavy atom. The second-order valence-corrected chi connectivity index (χ2v) is 5.48. The summed E-state index contributed by atoms with van der Waals surface area (Å²) in [6.45, 7) is 11.6. The van der Waals surface area contributed by atoms with Gasteiger partial charge in [-0.3, -0.25) is 0 Å². The van der Waals surface area contributed by atoms with Gasteiger partial charge in [0.1, 0.15) is 6.61 Å². The van der Waals surface area contributed by atoms with E-state index in [1.165, 1.54) is 11.1 Å². The quantitative estimate of drug-likeness (QED) is 0.377. The molecule has 0 saturated heterocycles. The van der Waals surface area contributed by atoms with E-state index in [4.69, 9.17) is 14.2 Å². The first kappa shape index (κ1) is 18.4. The molecule has 0 aromatic heterocycles. The van der Waals surface area contributed by atoms with Gasteiger partial charge in [-0.2, -0.15) is 0 Å². The first-order chi connectivity index (χ1) is 10.5. The summed E-state index contributed by atoms with van der Waals surface area (Å²) in [6.07, 6.45) is 0. The molecule has 0 saturated carbocycles. The van der Waals surface area contributed by atoms with Crippen LogP contribution in [0.3, 0.4) is 0 Å². The Morgan fingerprint density at radius 1 is 1.14 bits per heavy atom. The summed E-state index contributed by atoms with van der Waals surface area (Å²) in [4.78, 5) is 11.1. The Kier molecular flexibility index (Phi) is 8.48. The van der Waals surface area contributed by atoms with Gasteiger partial charge in [0, 0.05) is 5.57 Å². The molecule has 0 spiro atoms. The molecule has 1 rings (SSSR count). The van der Waals surface area contributed by atoms with Gasteiger partial charge in [-0.05, 0) is 24.0 Å². The molecule has 0 fully saturated rings. The first-order valence-electron chi connectivity index (χ1n) is 7.57. The Morgan fingerprint density at radius 3 is 2.50 bits per heavy atom. The highest BCUT2D eigenvalue weighted by atomic mass is 16.6. The third kappa shape index (κ3) is 7.38. The van der Waals surface area contributed by atoms with Gasteiger partial charge >= 0.3 is 5.97 Å². The molecule has 0 N–H and O–H groups in total. The van der Waals surface area contributed by atoms with Gasteiger partial charge in [0.2, 0.25) is 0 Å². The second-order valence-electron chi connectivity index (χ2n) is 5.48. The molecule has 0 radical (unpaired) electrons. The van der Waals surface area contributed by atoms with Crippen molar-refractivity contribution in [1.82, 2.24) is 0 Å². The highest BCUT2D eigenvalue weighted by molar-refractivity contribution is 5.86. The summed E-state index contributed by atoms with van der Waals surface area (Å²) < 4.78 is 15.8. The number of carbonyl (C=O) groups is 1. The highest BCUT2D eigenvalue weighted by Gasteiger charge is 2.02. The lowest BCUT2D eigenvalue weighted by Crippen LogP contribution is -2.13. The number of benzene rings is 1. The molecule has 122 valence electrons. The lowest BCUT2D eigenvalue weighted by molar-refractivity contribution is -0.140. The molecule has 0 aliphatic carbocycles. The minimum absolute atomic E-state index is 0.238. The smallest absolute Gasteiger partial charge is 0.333 e. The number of hydrogen-bond donors (Lipinski definition) is 0. The summed E-state index contributed by atoms with van der Waals surface area (Å²) in [5.74, 6) is 0.134. The van der Waals surface area contributed by atoms with Crippen LogP contribution in [0.2, 0.25) is 0 Å². The zero-order chi connectivity index (χ0) is 16.4. The molecular weight excluding hydrogens is 280 g/mol. The number of carbonyl (C=O) groups excluding carboxylic acids is 1. The summed E-state index contributed by atoms with van der Waals surface area (Å²) in [7, 11) is 0. The van der Waals surface area contributed by atoms with Crippen LogP contribution in [0, 0.1) is 0 Å². The van der Waals surface area contributed by atoms with Gasteiger partial charge in [-0.1, -0.05) is 44.7 Å². The van der Waals surface area contributed by atoms with Crippen molar-refractivity contribution in [3.05, 3.63) is 47.5 Å². The fourth-order valence-electron chi connectivity index (χ4n) is 1.77. The van der Waals surface area contributed by atoms with Gasteiger partial charge < -0.3 is 14.2 Å². The SMILES string of the molecule is C=C(C)C(=O)OCCOCCOCc1cccc(C(C)C)c1. The summed E-state index contributed by atoms with van der Waals surface area (Å²) >= 11 is 0. The molecular formula is C18H26O4. The van der Waals surface area contributed by atoms with Crippen molar-refractivity contribution in [3.63, 3.8) is 0 Å². The van der Waals surface area contributed by atoms with Crippen molar-refractivity contribution in [1.29, 1.82) is 0 Å². The van der Waals surface area contributed by atoms with Crippen LogP contribution in [0.5, 0.6) is 0 Å². The lowest BCUT2D eigenvalue weighted by Gasteiger charge is -2.09. The predicted molar refractivity (Wildman–Crippen MR) is 86.8 cm³/mol. The summed E-state index contributed by atoms with van der Waals surface area (Å²) in [5.41, 5.74) is 2.88. The zero-order valence-electron chi connectivity index (χ0n) is 13.8. The molecule has 0 aliphatic rings. The normalized spacial score (nSPS) is 10.7. The minimum atomic E-state index is -0.384. The molecule has 0 aliphatic heterocycles. The number of rotatable bonds is 10. The molecule has 0 heterocycles. The molecule has 1 aromatic carbocycles. The van der Waals surface area contributed by atoms with Crippen LogP contribution < -0.4 is 0 Å². The topological polar surface area (TPSA) is 44.8 Å². The van der Waals surface area contributed by atoms with Crippen LogP contribution in [0.1, 0.15) is 37.8 Å². The third-order valence-electron chi connectivity index (χ3n) is 3.07. The second kappa shape index (κ2) is 10.1. The number of ether oxygens (including phenoxy) is 3. The summed E-state index contributed by atoms with van der Waals surface area (Å²) in [5, 5.41) is 0. The van der Waals surface area contributed by atoms with Crippen molar-refractivity contribution in [2.24, 2.45) is 0 Å². The Balaban J connectivity index is 2.07. The molecule has 4 nitrogen and oxygen atoms in total. The van der Waals surface area contributed by atoms with Gasteiger partial charge in [0.15, 0.2) is 0 Å². The molecule has 22 heavy (non-hydrogen) atoms. The highest BCUT2D eigenvalue weighted by Crippen LogP contribution is 2.15. The van der Waals surface area contributed by atoms with Gasteiger partial charge in [-0.15, -0.1) is 0 Å². The fraction of sp³-hybridized carbons (Fsp3) is 0.500. The van der Waals surface area contributed by atoms with Crippen LogP contribution >= 0.6 is 0 Å². The van der Waals surface area contributed by atoms with Gasteiger partial charge in [0.25, 0.3) is 0 Å². The largest absolute Gasteiger partial charge is 0.460 e. The van der Waals surface area contributed by atoms with Crippen LogP contribution in [-0.2, 0) is 25.6 Å². The van der Waals surface area contributed by atoms with E-state index in [-0.39, 0.29) is 12.6 Å². The Bertz CT molecular complexity index is 480. The van der Waals surface area contributed by atoms with E-state index in [9.17, 15) is 4.79 Å². The summed E-state index contributed by atoms with van der Waals surface area (Å²) in [6, 6.07) is 8.41. The zero-order valence-corrected chi connectivity index (χ0v) is 13.8. The monoisotopic (exact) mass is 306 g/mol. The van der Waals surface area contributed by atoms with Crippen molar-refractivity contribution in [2.75, 3.05) is 26.4 Å². The van der Waals surface area contributed by atoms with Crippen LogP contribution in [0.4, 0.5) is 0 Å². The maximum atomic E-state index is 11.1. The van der Waals surface area contributed by atoms with Crippen LogP contribution in [0.15, 0.2) is 36.4 Å². The first-order valence-corrected chi connectivity index (χ1v) is 7.57. The predicted octanol–water partition coefficient (Wildman–Crippen LogP) is 3.46. The Labute approximate surface area is 133 Å². The number of esters is 1. The van der Waals surface area contributed by atoms with E-state index in [0.29, 0.717) is 37.9 Å². The van der Waals surface area contributed by atoms with Crippen LogP contribution in [0.25, 0.3) is 0 Å². The maximum absolute atomic E-state index is 11.1. The van der Waals surface area contributed by atoms with E-state index in [1.807, 2.05) is 0 Å². The van der Waals surface area contributed by atoms with Gasteiger partial charge in [0.05, 0.1) is 26.4 Å². The average Bonchev–Trinajstić information content (AvgIpc) is 2.49. The molecule has 0 unspecified atom stereocenters. The molecule has 0 amide bonds. The standard InChI is InChI=1S/C18H26O4/c1-14(2)17-7-5-6-16(12-17)13-21-9-8-20-10-11-22-18(19)15(3)4/h5-7,12,14H,3,8-11,13H2,1-2,4H3. The van der Waals surface area contributed by atoms with E-state index in [1.54, 1.807) is 6.92 Å². The minimum Gasteiger partial charge on any atom is -0.460 e. The Hall–Kier alpha value is -1.65. The van der Waals surface area contributed by atoms with E-state index >= 15 is 0 Å². The molecule has 4 heteroatoms. The van der Waals surface area contributed by atoms with Crippen molar-refractivity contribution >= 4 is 5.97 Å². The van der Waals surface area contributed by atoms with Crippen molar-refractivity contribution in [3.8, 4) is 0 Å². The van der Waals surface area contributed by atoms with Crippen LogP contribution in [-0.4, -0.2) is 32.4 Å². The van der Waals surface area contributed by atoms with Gasteiger partial charge in [-0.25, -0.2) is 4.79 Å². The van der Waals surface area contributed by atoms with E-state index < -0.39 is 0 Å². The molecule has 0 atom stereocenters. The average molecular weight is 306 g/mol. The third-order valence-corrected chi connectivity index (χ3v) is 3.07. The molecule has 1 aromatic rings.